The third-order valence-corrected chi connectivity index (χ3v) is 4.93. The SMILES string of the molecule is CCC(C)[C@H](c1ccccc1I)N1CCNCC1. The molecule has 2 atom stereocenters. The molecule has 1 N–H and O–H groups in total. The Kier molecular flexibility index (Phi) is 5.45. The van der Waals surface area contributed by atoms with E-state index in [4.69, 9.17) is 0 Å². The zero-order chi connectivity index (χ0) is 13.0. The molecule has 0 saturated carbocycles. The van der Waals surface area contributed by atoms with Gasteiger partial charge in [0.1, 0.15) is 0 Å². The van der Waals surface area contributed by atoms with E-state index >= 15 is 0 Å². The van der Waals surface area contributed by atoms with Gasteiger partial charge in [-0.2, -0.15) is 0 Å². The van der Waals surface area contributed by atoms with Crippen LogP contribution in [0.2, 0.25) is 0 Å². The molecule has 1 fully saturated rings. The van der Waals surface area contributed by atoms with Crippen molar-refractivity contribution in [1.82, 2.24) is 10.2 Å². The molecule has 100 valence electrons. The van der Waals surface area contributed by atoms with Crippen molar-refractivity contribution in [2.24, 2.45) is 5.92 Å². The van der Waals surface area contributed by atoms with Gasteiger partial charge in [-0.3, -0.25) is 4.90 Å². The van der Waals surface area contributed by atoms with Gasteiger partial charge in [0.05, 0.1) is 0 Å². The highest BCUT2D eigenvalue weighted by atomic mass is 127. The Balaban J connectivity index is 2.27. The normalized spacial score (nSPS) is 20.6. The number of piperazine rings is 1. The van der Waals surface area contributed by atoms with E-state index in [2.05, 4.69) is 70.9 Å². The predicted octanol–water partition coefficient (Wildman–Crippen LogP) is 3.28. The van der Waals surface area contributed by atoms with Crippen molar-refractivity contribution in [1.29, 1.82) is 0 Å². The lowest BCUT2D eigenvalue weighted by Crippen LogP contribution is -2.46. The molecule has 3 heteroatoms. The average Bonchev–Trinajstić information content (AvgIpc) is 2.42. The molecule has 1 aliphatic rings. The number of hydrogen-bond donors (Lipinski definition) is 1. The standard InChI is InChI=1S/C15H23IN2/c1-3-12(2)15(18-10-8-17-9-11-18)13-6-4-5-7-14(13)16/h4-7,12,15,17H,3,8-11H2,1-2H3/t12?,15-/m1/s1. The monoisotopic (exact) mass is 358 g/mol. The topological polar surface area (TPSA) is 15.3 Å². The molecule has 0 radical (unpaired) electrons. The molecular weight excluding hydrogens is 335 g/mol. The van der Waals surface area contributed by atoms with Gasteiger partial charge < -0.3 is 5.32 Å². The van der Waals surface area contributed by atoms with Gasteiger partial charge in [0.25, 0.3) is 0 Å². The molecule has 0 bridgehead atoms. The van der Waals surface area contributed by atoms with Crippen LogP contribution in [0.3, 0.4) is 0 Å². The van der Waals surface area contributed by atoms with E-state index in [0.717, 1.165) is 13.1 Å². The van der Waals surface area contributed by atoms with Crippen molar-refractivity contribution in [3.8, 4) is 0 Å². The Bertz CT molecular complexity index is 375. The van der Waals surface area contributed by atoms with Crippen LogP contribution >= 0.6 is 22.6 Å². The van der Waals surface area contributed by atoms with Gasteiger partial charge in [0.2, 0.25) is 0 Å². The van der Waals surface area contributed by atoms with E-state index in [1.807, 2.05) is 0 Å². The number of hydrogen-bond acceptors (Lipinski definition) is 2. The van der Waals surface area contributed by atoms with Crippen molar-refractivity contribution < 1.29 is 0 Å². The lowest BCUT2D eigenvalue weighted by molar-refractivity contribution is 0.128. The van der Waals surface area contributed by atoms with Crippen LogP contribution in [0.1, 0.15) is 31.9 Å². The first-order valence-electron chi connectivity index (χ1n) is 6.93. The molecule has 1 unspecified atom stereocenters. The van der Waals surface area contributed by atoms with E-state index < -0.39 is 0 Å². The Hall–Kier alpha value is -0.130. The molecule has 1 heterocycles. The van der Waals surface area contributed by atoms with Crippen LogP contribution in [0.15, 0.2) is 24.3 Å². The van der Waals surface area contributed by atoms with Crippen LogP contribution < -0.4 is 5.32 Å². The maximum atomic E-state index is 3.45. The third-order valence-electron chi connectivity index (χ3n) is 3.95. The highest BCUT2D eigenvalue weighted by Crippen LogP contribution is 2.33. The maximum Gasteiger partial charge on any atom is 0.0385 e. The number of nitrogens with zero attached hydrogens (tertiary/aromatic N) is 1. The molecule has 0 aromatic heterocycles. The molecule has 1 aromatic carbocycles. The second-order valence-electron chi connectivity index (χ2n) is 5.14. The highest BCUT2D eigenvalue weighted by molar-refractivity contribution is 14.1. The second-order valence-corrected chi connectivity index (χ2v) is 6.30. The number of benzene rings is 1. The Morgan fingerprint density at radius 3 is 2.56 bits per heavy atom. The summed E-state index contributed by atoms with van der Waals surface area (Å²) in [4.78, 5) is 2.65. The van der Waals surface area contributed by atoms with E-state index in [1.54, 1.807) is 0 Å². The summed E-state index contributed by atoms with van der Waals surface area (Å²) in [5.41, 5.74) is 1.51. The summed E-state index contributed by atoms with van der Waals surface area (Å²) >= 11 is 2.48. The summed E-state index contributed by atoms with van der Waals surface area (Å²) < 4.78 is 1.40. The fourth-order valence-electron chi connectivity index (χ4n) is 2.76. The maximum absolute atomic E-state index is 3.45. The first kappa shape index (κ1) is 14.3. The first-order chi connectivity index (χ1) is 8.74. The molecule has 18 heavy (non-hydrogen) atoms. The fourth-order valence-corrected chi connectivity index (χ4v) is 3.47. The smallest absolute Gasteiger partial charge is 0.0385 e. The zero-order valence-electron chi connectivity index (χ0n) is 11.3. The molecule has 1 aliphatic heterocycles. The van der Waals surface area contributed by atoms with Crippen LogP contribution in [-0.2, 0) is 0 Å². The van der Waals surface area contributed by atoms with Crippen LogP contribution in [0, 0.1) is 9.49 Å². The van der Waals surface area contributed by atoms with Gasteiger partial charge >= 0.3 is 0 Å². The average molecular weight is 358 g/mol. The number of nitrogens with one attached hydrogen (secondary N) is 1. The summed E-state index contributed by atoms with van der Waals surface area (Å²) in [6.07, 6.45) is 1.24. The summed E-state index contributed by atoms with van der Waals surface area (Å²) in [5, 5.41) is 3.45. The van der Waals surface area contributed by atoms with E-state index in [1.165, 1.54) is 28.6 Å². The minimum absolute atomic E-state index is 0.574. The first-order valence-corrected chi connectivity index (χ1v) is 8.01. The van der Waals surface area contributed by atoms with Crippen LogP contribution in [0.25, 0.3) is 0 Å². The van der Waals surface area contributed by atoms with Crippen molar-refractivity contribution in [3.05, 3.63) is 33.4 Å². The Morgan fingerprint density at radius 2 is 1.94 bits per heavy atom. The Labute approximate surface area is 124 Å². The molecular formula is C15H23IN2. The predicted molar refractivity (Wildman–Crippen MR) is 85.8 cm³/mol. The van der Waals surface area contributed by atoms with E-state index in [9.17, 15) is 0 Å². The molecule has 1 saturated heterocycles. The second kappa shape index (κ2) is 6.87. The van der Waals surface area contributed by atoms with Crippen LogP contribution in [-0.4, -0.2) is 31.1 Å². The number of rotatable bonds is 4. The zero-order valence-corrected chi connectivity index (χ0v) is 13.5. The molecule has 2 nitrogen and oxygen atoms in total. The van der Waals surface area contributed by atoms with Gasteiger partial charge in [0.15, 0.2) is 0 Å². The number of halogens is 1. The molecule has 0 aliphatic carbocycles. The van der Waals surface area contributed by atoms with Gasteiger partial charge in [-0.15, -0.1) is 0 Å². The van der Waals surface area contributed by atoms with Crippen molar-refractivity contribution in [2.45, 2.75) is 26.3 Å². The lowest BCUT2D eigenvalue weighted by atomic mass is 9.90. The van der Waals surface area contributed by atoms with Gasteiger partial charge in [-0.05, 0) is 40.1 Å². The van der Waals surface area contributed by atoms with Crippen LogP contribution in [0.4, 0.5) is 0 Å². The quantitative estimate of drug-likeness (QED) is 0.831. The summed E-state index contributed by atoms with van der Waals surface area (Å²) in [6, 6.07) is 9.42. The van der Waals surface area contributed by atoms with E-state index in [-0.39, 0.29) is 0 Å². The lowest BCUT2D eigenvalue weighted by Gasteiger charge is -2.38. The van der Waals surface area contributed by atoms with Crippen molar-refractivity contribution >= 4 is 22.6 Å². The van der Waals surface area contributed by atoms with Crippen molar-refractivity contribution in [2.75, 3.05) is 26.2 Å². The molecule has 0 spiro atoms. The van der Waals surface area contributed by atoms with Gasteiger partial charge in [0, 0.05) is 35.8 Å². The van der Waals surface area contributed by atoms with E-state index in [0.29, 0.717) is 12.0 Å². The summed E-state index contributed by atoms with van der Waals surface area (Å²) in [7, 11) is 0. The summed E-state index contributed by atoms with van der Waals surface area (Å²) in [6.45, 7) is 9.26. The molecule has 1 aromatic rings. The Morgan fingerprint density at radius 1 is 1.28 bits per heavy atom. The van der Waals surface area contributed by atoms with Crippen LogP contribution in [0.5, 0.6) is 0 Å². The fraction of sp³-hybridized carbons (Fsp3) is 0.600. The van der Waals surface area contributed by atoms with Gasteiger partial charge in [-0.25, -0.2) is 0 Å². The summed E-state index contributed by atoms with van der Waals surface area (Å²) in [5.74, 6) is 0.707. The molecule has 2 rings (SSSR count). The van der Waals surface area contributed by atoms with Gasteiger partial charge in [-0.1, -0.05) is 38.5 Å². The third kappa shape index (κ3) is 3.25. The largest absolute Gasteiger partial charge is 0.314 e. The van der Waals surface area contributed by atoms with Crippen molar-refractivity contribution in [3.63, 3.8) is 0 Å². The highest BCUT2D eigenvalue weighted by Gasteiger charge is 2.27. The molecule has 0 amide bonds. The minimum Gasteiger partial charge on any atom is -0.314 e. The minimum atomic E-state index is 0.574.